The average Bonchev–Trinajstić information content (AvgIpc) is 2.43. The molecular weight excluding hydrogens is 463 g/mol. The molecule has 2 aromatic carbocycles. The molecule has 0 atom stereocenters. The first-order valence-corrected chi connectivity index (χ1v) is 8.37. The van der Waals surface area contributed by atoms with Gasteiger partial charge < -0.3 is 11.1 Å². The van der Waals surface area contributed by atoms with Gasteiger partial charge in [0, 0.05) is 20.2 Å². The highest BCUT2D eigenvalue weighted by Gasteiger charge is 2.10. The number of hydrogen-bond acceptors (Lipinski definition) is 2. The molecule has 0 aromatic heterocycles. The molecule has 21 heavy (non-hydrogen) atoms. The summed E-state index contributed by atoms with van der Waals surface area (Å²) in [5, 5.41) is 2.88. The molecule has 3 nitrogen and oxygen atoms in total. The summed E-state index contributed by atoms with van der Waals surface area (Å²) >= 11 is 10.4. The van der Waals surface area contributed by atoms with Crippen molar-refractivity contribution in [1.29, 1.82) is 0 Å². The lowest BCUT2D eigenvalue weighted by atomic mass is 10.1. The molecule has 0 aliphatic carbocycles. The van der Waals surface area contributed by atoms with Crippen LogP contribution in [0.15, 0.2) is 46.9 Å². The minimum Gasteiger partial charge on any atom is -0.393 e. The number of carbonyl (C=O) groups excluding carboxylic acids is 1. The van der Waals surface area contributed by atoms with Crippen molar-refractivity contribution in [2.45, 2.75) is 6.42 Å². The normalized spacial score (nSPS) is 10.2. The molecule has 0 radical (unpaired) electrons. The Bertz CT molecular complexity index is 689. The van der Waals surface area contributed by atoms with E-state index in [-0.39, 0.29) is 5.91 Å². The highest BCUT2D eigenvalue weighted by atomic mass is 127. The molecule has 0 aliphatic rings. The van der Waals surface area contributed by atoms with Crippen LogP contribution < -0.4 is 11.1 Å². The lowest BCUT2D eigenvalue weighted by Crippen LogP contribution is -2.14. The summed E-state index contributed by atoms with van der Waals surface area (Å²) in [7, 11) is 0. The van der Waals surface area contributed by atoms with Gasteiger partial charge in [-0.25, -0.2) is 0 Å². The lowest BCUT2D eigenvalue weighted by molar-refractivity contribution is 0.102. The zero-order valence-corrected chi connectivity index (χ0v) is 15.5. The minimum atomic E-state index is -0.136. The van der Waals surface area contributed by atoms with Gasteiger partial charge in [0.1, 0.15) is 0 Å². The van der Waals surface area contributed by atoms with Crippen molar-refractivity contribution < 1.29 is 4.79 Å². The zero-order valence-electron chi connectivity index (χ0n) is 10.9. The smallest absolute Gasteiger partial charge is 0.256 e. The second-order valence-electron chi connectivity index (χ2n) is 4.42. The Morgan fingerprint density at radius 1 is 1.24 bits per heavy atom. The van der Waals surface area contributed by atoms with Crippen molar-refractivity contribution in [2.75, 3.05) is 5.32 Å². The zero-order chi connectivity index (χ0) is 15.4. The van der Waals surface area contributed by atoms with Crippen LogP contribution in [0.25, 0.3) is 0 Å². The summed E-state index contributed by atoms with van der Waals surface area (Å²) in [6.45, 7) is 0. The molecule has 6 heteroatoms. The van der Waals surface area contributed by atoms with Crippen LogP contribution in [0.1, 0.15) is 15.9 Å². The molecule has 0 aliphatic heterocycles. The molecule has 108 valence electrons. The van der Waals surface area contributed by atoms with Gasteiger partial charge >= 0.3 is 0 Å². The van der Waals surface area contributed by atoms with Gasteiger partial charge in [-0.3, -0.25) is 4.79 Å². The van der Waals surface area contributed by atoms with E-state index in [4.69, 9.17) is 18.0 Å². The highest BCUT2D eigenvalue weighted by molar-refractivity contribution is 14.1. The summed E-state index contributed by atoms with van der Waals surface area (Å²) in [6, 6.07) is 13.1. The van der Waals surface area contributed by atoms with Crippen LogP contribution in [0, 0.1) is 3.57 Å². The monoisotopic (exact) mass is 474 g/mol. The second-order valence-corrected chi connectivity index (χ2v) is 7.02. The van der Waals surface area contributed by atoms with Gasteiger partial charge in [0.05, 0.1) is 10.6 Å². The van der Waals surface area contributed by atoms with Crippen molar-refractivity contribution in [1.82, 2.24) is 0 Å². The Labute approximate surface area is 150 Å². The molecule has 3 N–H and O–H groups in total. The van der Waals surface area contributed by atoms with Crippen molar-refractivity contribution in [3.05, 3.63) is 61.6 Å². The summed E-state index contributed by atoms with van der Waals surface area (Å²) < 4.78 is 1.78. The molecule has 0 saturated carbocycles. The minimum absolute atomic E-state index is 0.136. The van der Waals surface area contributed by atoms with E-state index in [9.17, 15) is 4.79 Å². The number of amides is 1. The van der Waals surface area contributed by atoms with E-state index in [1.807, 2.05) is 36.4 Å². The summed E-state index contributed by atoms with van der Waals surface area (Å²) in [4.78, 5) is 12.7. The Kier molecular flexibility index (Phi) is 5.72. The number of nitrogens with two attached hydrogens (primary N) is 1. The lowest BCUT2D eigenvalue weighted by Gasteiger charge is -2.08. The van der Waals surface area contributed by atoms with Crippen molar-refractivity contribution >= 4 is 67.3 Å². The maximum Gasteiger partial charge on any atom is 0.256 e. The van der Waals surface area contributed by atoms with Crippen LogP contribution in [0.2, 0.25) is 0 Å². The van der Waals surface area contributed by atoms with Crippen molar-refractivity contribution in [3.8, 4) is 0 Å². The number of thiocarbonyl (C=S) groups is 1. The Morgan fingerprint density at radius 3 is 2.52 bits per heavy atom. The fourth-order valence-corrected chi connectivity index (χ4v) is 2.89. The number of nitrogens with one attached hydrogen (secondary N) is 1. The van der Waals surface area contributed by atoms with E-state index in [0.29, 0.717) is 17.0 Å². The van der Waals surface area contributed by atoms with E-state index in [1.54, 1.807) is 6.07 Å². The third-order valence-electron chi connectivity index (χ3n) is 2.76. The number of rotatable bonds is 4. The average molecular weight is 475 g/mol. The summed E-state index contributed by atoms with van der Waals surface area (Å²) in [5.74, 6) is -0.136. The topological polar surface area (TPSA) is 55.1 Å². The maximum absolute atomic E-state index is 12.3. The van der Waals surface area contributed by atoms with Gasteiger partial charge in [0.2, 0.25) is 0 Å². The number of halogens is 2. The fraction of sp³-hybridized carbons (Fsp3) is 0.0667. The van der Waals surface area contributed by atoms with Crippen molar-refractivity contribution in [3.63, 3.8) is 0 Å². The number of hydrogen-bond donors (Lipinski definition) is 2. The molecule has 0 spiro atoms. The fourth-order valence-electron chi connectivity index (χ4n) is 1.78. The van der Waals surface area contributed by atoms with Crippen LogP contribution in [0.4, 0.5) is 5.69 Å². The quantitative estimate of drug-likeness (QED) is 0.517. The third-order valence-corrected chi connectivity index (χ3v) is 4.34. The summed E-state index contributed by atoms with van der Waals surface area (Å²) in [5.41, 5.74) is 7.91. The molecule has 0 fully saturated rings. The van der Waals surface area contributed by atoms with Gasteiger partial charge in [-0.2, -0.15) is 0 Å². The van der Waals surface area contributed by atoms with Crippen LogP contribution in [0.5, 0.6) is 0 Å². The molecule has 0 bridgehead atoms. The third kappa shape index (κ3) is 4.76. The van der Waals surface area contributed by atoms with Crippen LogP contribution in [-0.4, -0.2) is 10.9 Å². The van der Waals surface area contributed by atoms with E-state index in [2.05, 4.69) is 43.8 Å². The van der Waals surface area contributed by atoms with Gasteiger partial charge in [-0.05, 0) is 58.5 Å². The first-order chi connectivity index (χ1) is 9.95. The first kappa shape index (κ1) is 16.4. The predicted molar refractivity (Wildman–Crippen MR) is 102 cm³/mol. The van der Waals surface area contributed by atoms with E-state index in [0.717, 1.165) is 19.3 Å². The maximum atomic E-state index is 12.3. The van der Waals surface area contributed by atoms with Crippen LogP contribution >= 0.6 is 50.7 Å². The number of benzene rings is 2. The second kappa shape index (κ2) is 7.33. The summed E-state index contributed by atoms with van der Waals surface area (Å²) in [6.07, 6.45) is 0.563. The Hall–Kier alpha value is -0.990. The largest absolute Gasteiger partial charge is 0.393 e. The Balaban J connectivity index is 2.12. The number of anilines is 1. The van der Waals surface area contributed by atoms with E-state index >= 15 is 0 Å². The van der Waals surface area contributed by atoms with E-state index < -0.39 is 0 Å². The highest BCUT2D eigenvalue weighted by Crippen LogP contribution is 2.20. The number of carbonyl (C=O) groups is 1. The standard InChI is InChI=1S/C15H12BrIN2OS/c16-10-3-6-13(17)12(8-10)15(20)19-11-4-1-9(2-5-11)7-14(18)21/h1-6,8H,7H2,(H2,18,21)(H,19,20). The molecule has 0 saturated heterocycles. The molecule has 2 aromatic rings. The molecule has 0 heterocycles. The molecule has 1 amide bonds. The van der Waals surface area contributed by atoms with Gasteiger partial charge in [-0.15, -0.1) is 0 Å². The molecular formula is C15H12BrIN2OS. The van der Waals surface area contributed by atoms with Crippen LogP contribution in [-0.2, 0) is 6.42 Å². The van der Waals surface area contributed by atoms with Crippen molar-refractivity contribution in [2.24, 2.45) is 5.73 Å². The molecule has 0 unspecified atom stereocenters. The van der Waals surface area contributed by atoms with Crippen LogP contribution in [0.3, 0.4) is 0 Å². The van der Waals surface area contributed by atoms with E-state index in [1.165, 1.54) is 0 Å². The van der Waals surface area contributed by atoms with Gasteiger partial charge in [0.25, 0.3) is 5.91 Å². The predicted octanol–water partition coefficient (Wildman–Crippen LogP) is 4.13. The SMILES string of the molecule is NC(=S)Cc1ccc(NC(=O)c2cc(Br)ccc2I)cc1. The van der Waals surface area contributed by atoms with Gasteiger partial charge in [-0.1, -0.05) is 40.3 Å². The Morgan fingerprint density at radius 2 is 1.90 bits per heavy atom. The first-order valence-electron chi connectivity index (χ1n) is 6.09. The van der Waals surface area contributed by atoms with Gasteiger partial charge in [0.15, 0.2) is 0 Å². The molecule has 2 rings (SSSR count).